The number of esters is 1. The van der Waals surface area contributed by atoms with Gasteiger partial charge in [0.05, 0.1) is 11.7 Å². The Morgan fingerprint density at radius 3 is 2.37 bits per heavy atom. The minimum absolute atomic E-state index is 0.00199. The van der Waals surface area contributed by atoms with E-state index < -0.39 is 23.8 Å². The van der Waals surface area contributed by atoms with Gasteiger partial charge in [-0.3, -0.25) is 9.59 Å². The summed E-state index contributed by atoms with van der Waals surface area (Å²) in [6.45, 7) is 8.40. The molecule has 1 aromatic rings. The molecule has 3 unspecified atom stereocenters. The van der Waals surface area contributed by atoms with Crippen molar-refractivity contribution < 1.29 is 28.6 Å². The van der Waals surface area contributed by atoms with Crippen molar-refractivity contribution in [1.82, 2.24) is 0 Å². The molecule has 0 spiro atoms. The molecule has 160 valence electrons. The first-order valence-electron chi connectivity index (χ1n) is 10.4. The molecule has 0 aromatic heterocycles. The number of ether oxygens (including phenoxy) is 3. The molecule has 3 rings (SSSR count). The Labute approximate surface area is 176 Å². The molecule has 1 aromatic carbocycles. The first-order valence-corrected chi connectivity index (χ1v) is 10.4. The van der Waals surface area contributed by atoms with Crippen LogP contribution in [0, 0.1) is 17.8 Å². The van der Waals surface area contributed by atoms with Crippen molar-refractivity contribution >= 4 is 17.5 Å². The smallest absolute Gasteiger partial charge is 0.340 e. The van der Waals surface area contributed by atoms with Crippen molar-refractivity contribution in [3.63, 3.8) is 0 Å². The van der Waals surface area contributed by atoms with Crippen molar-refractivity contribution in [3.05, 3.63) is 59.4 Å². The normalized spacial score (nSPS) is 29.1. The van der Waals surface area contributed by atoms with Crippen LogP contribution in [0.15, 0.2) is 53.8 Å². The standard InChI is InChI=1S/C24H28O6/c1-5-20-15(3)14(2)16(4)24(29-20)30-23(27)18-11-19(25)22(26)21(12-18)28-13-17-9-7-6-8-10-17/h6-12,14-16,20,24H,5,13H2,1-4H3/t14-,15?,16?,20?,24-/m0/s1. The summed E-state index contributed by atoms with van der Waals surface area (Å²) < 4.78 is 17.1. The van der Waals surface area contributed by atoms with Crippen molar-refractivity contribution in [2.45, 2.75) is 53.1 Å². The third-order valence-electron chi connectivity index (χ3n) is 6.10. The van der Waals surface area contributed by atoms with Crippen LogP contribution in [0.25, 0.3) is 0 Å². The van der Waals surface area contributed by atoms with Crippen LogP contribution in [0.1, 0.15) is 39.7 Å². The lowest BCUT2D eigenvalue weighted by Crippen LogP contribution is -2.46. The molecule has 6 heteroatoms. The Hall–Kier alpha value is -2.73. The van der Waals surface area contributed by atoms with Gasteiger partial charge in [0, 0.05) is 12.0 Å². The second-order valence-electron chi connectivity index (χ2n) is 8.01. The average Bonchev–Trinajstić information content (AvgIpc) is 2.75. The molecule has 1 aliphatic heterocycles. The summed E-state index contributed by atoms with van der Waals surface area (Å²) in [6.07, 6.45) is 2.38. The molecule has 0 amide bonds. The molecule has 0 bridgehead atoms. The molecule has 0 saturated carbocycles. The predicted octanol–water partition coefficient (Wildman–Crippen LogP) is 3.75. The third kappa shape index (κ3) is 4.70. The number of Topliss-reactive ketones (excluding diaryl/α,β-unsaturated/α-hetero) is 1. The van der Waals surface area contributed by atoms with Crippen LogP contribution in [-0.4, -0.2) is 29.9 Å². The number of ketones is 2. The molecule has 6 nitrogen and oxygen atoms in total. The Bertz CT molecular complexity index is 867. The maximum Gasteiger partial charge on any atom is 0.340 e. The van der Waals surface area contributed by atoms with E-state index >= 15 is 0 Å². The molecule has 30 heavy (non-hydrogen) atoms. The fourth-order valence-electron chi connectivity index (χ4n) is 3.80. The highest BCUT2D eigenvalue weighted by atomic mass is 16.7. The Morgan fingerprint density at radius 2 is 1.70 bits per heavy atom. The molecular formula is C24H28O6. The average molecular weight is 412 g/mol. The molecule has 2 aliphatic rings. The van der Waals surface area contributed by atoms with E-state index in [1.807, 2.05) is 44.2 Å². The van der Waals surface area contributed by atoms with Gasteiger partial charge in [-0.05, 0) is 29.9 Å². The summed E-state index contributed by atoms with van der Waals surface area (Å²) in [4.78, 5) is 37.0. The highest BCUT2D eigenvalue weighted by Crippen LogP contribution is 2.37. The molecule has 1 aliphatic carbocycles. The molecule has 1 fully saturated rings. The zero-order valence-corrected chi connectivity index (χ0v) is 17.8. The van der Waals surface area contributed by atoms with E-state index in [2.05, 4.69) is 13.8 Å². The zero-order chi connectivity index (χ0) is 21.8. The first-order chi connectivity index (χ1) is 14.3. The van der Waals surface area contributed by atoms with E-state index in [-0.39, 0.29) is 30.0 Å². The van der Waals surface area contributed by atoms with Crippen molar-refractivity contribution in [2.75, 3.05) is 0 Å². The fraction of sp³-hybridized carbons (Fsp3) is 0.458. The Morgan fingerprint density at radius 1 is 1.00 bits per heavy atom. The third-order valence-corrected chi connectivity index (χ3v) is 6.10. The molecule has 1 saturated heterocycles. The summed E-state index contributed by atoms with van der Waals surface area (Å²) in [6, 6.07) is 9.25. The maximum atomic E-state index is 12.7. The van der Waals surface area contributed by atoms with E-state index in [1.54, 1.807) is 0 Å². The molecular weight excluding hydrogens is 384 g/mol. The number of hydrogen-bond donors (Lipinski definition) is 0. The number of allylic oxidation sites excluding steroid dienone is 2. The van der Waals surface area contributed by atoms with Crippen LogP contribution in [0.2, 0.25) is 0 Å². The van der Waals surface area contributed by atoms with E-state index in [9.17, 15) is 14.4 Å². The van der Waals surface area contributed by atoms with Crippen LogP contribution in [-0.2, 0) is 35.2 Å². The van der Waals surface area contributed by atoms with Gasteiger partial charge in [-0.25, -0.2) is 4.79 Å². The van der Waals surface area contributed by atoms with E-state index in [0.717, 1.165) is 18.1 Å². The van der Waals surface area contributed by atoms with E-state index in [4.69, 9.17) is 14.2 Å². The number of hydrogen-bond acceptors (Lipinski definition) is 6. The van der Waals surface area contributed by atoms with E-state index in [0.29, 0.717) is 11.8 Å². The van der Waals surface area contributed by atoms with Gasteiger partial charge < -0.3 is 14.2 Å². The predicted molar refractivity (Wildman–Crippen MR) is 110 cm³/mol. The maximum absolute atomic E-state index is 12.7. The minimum Gasteiger partial charge on any atom is -0.485 e. The summed E-state index contributed by atoms with van der Waals surface area (Å²) in [5.74, 6) is -1.78. The molecule has 0 N–H and O–H groups in total. The summed E-state index contributed by atoms with van der Waals surface area (Å²) in [7, 11) is 0. The molecule has 1 heterocycles. The fourth-order valence-corrected chi connectivity index (χ4v) is 3.80. The highest BCUT2D eigenvalue weighted by Gasteiger charge is 2.40. The lowest BCUT2D eigenvalue weighted by Gasteiger charge is -2.42. The van der Waals surface area contributed by atoms with Crippen LogP contribution < -0.4 is 0 Å². The van der Waals surface area contributed by atoms with Gasteiger partial charge in [-0.15, -0.1) is 0 Å². The van der Waals surface area contributed by atoms with Crippen molar-refractivity contribution in [1.29, 1.82) is 0 Å². The highest BCUT2D eigenvalue weighted by molar-refractivity contribution is 6.48. The lowest BCUT2D eigenvalue weighted by atomic mass is 9.78. The second-order valence-corrected chi connectivity index (χ2v) is 8.01. The lowest BCUT2D eigenvalue weighted by molar-refractivity contribution is -0.240. The second kappa shape index (κ2) is 9.39. The molecule has 0 radical (unpaired) electrons. The van der Waals surface area contributed by atoms with Crippen LogP contribution in [0.5, 0.6) is 0 Å². The van der Waals surface area contributed by atoms with Gasteiger partial charge >= 0.3 is 5.97 Å². The van der Waals surface area contributed by atoms with Gasteiger partial charge in [-0.2, -0.15) is 0 Å². The molecule has 5 atom stereocenters. The first kappa shape index (κ1) is 22.0. The van der Waals surface area contributed by atoms with Crippen LogP contribution in [0.4, 0.5) is 0 Å². The van der Waals surface area contributed by atoms with Crippen molar-refractivity contribution in [3.8, 4) is 0 Å². The summed E-state index contributed by atoms with van der Waals surface area (Å²) in [5, 5.41) is 0. The number of carbonyl (C=O) groups is 3. The monoisotopic (exact) mass is 412 g/mol. The van der Waals surface area contributed by atoms with E-state index in [1.165, 1.54) is 6.08 Å². The summed E-state index contributed by atoms with van der Waals surface area (Å²) >= 11 is 0. The quantitative estimate of drug-likeness (QED) is 0.402. The van der Waals surface area contributed by atoms with Crippen LogP contribution in [0.3, 0.4) is 0 Å². The minimum atomic E-state index is -0.807. The Balaban J connectivity index is 1.71. The van der Waals surface area contributed by atoms with Crippen molar-refractivity contribution in [2.24, 2.45) is 17.8 Å². The topological polar surface area (TPSA) is 78.9 Å². The van der Waals surface area contributed by atoms with Gasteiger partial charge in [-0.1, -0.05) is 58.0 Å². The van der Waals surface area contributed by atoms with Gasteiger partial charge in [0.25, 0.3) is 5.78 Å². The SMILES string of the molecule is CCC1O[C@@H](OC(=O)C2=CC(=O)C(=O)C(OCc3ccccc3)=C2)C(C)[C@@H](C)C1C. The Kier molecular flexibility index (Phi) is 6.87. The number of carbonyl (C=O) groups excluding carboxylic acids is 3. The zero-order valence-electron chi connectivity index (χ0n) is 17.8. The van der Waals surface area contributed by atoms with Gasteiger partial charge in [0.2, 0.25) is 12.1 Å². The number of benzene rings is 1. The largest absolute Gasteiger partial charge is 0.485 e. The van der Waals surface area contributed by atoms with Gasteiger partial charge in [0.15, 0.2) is 5.76 Å². The number of rotatable bonds is 6. The van der Waals surface area contributed by atoms with Gasteiger partial charge in [0.1, 0.15) is 6.61 Å². The van der Waals surface area contributed by atoms with Crippen LogP contribution >= 0.6 is 0 Å². The summed E-state index contributed by atoms with van der Waals surface area (Å²) in [5.41, 5.74) is 0.827.